The number of pyridine rings is 1. The highest BCUT2D eigenvalue weighted by atomic mass is 16.5. The average Bonchev–Trinajstić information content (AvgIpc) is 3.47. The number of hydrogen-bond acceptors (Lipinski definition) is 7. The first-order chi connectivity index (χ1) is 16.1. The van der Waals surface area contributed by atoms with Crippen LogP contribution >= 0.6 is 0 Å². The van der Waals surface area contributed by atoms with Gasteiger partial charge in [-0.3, -0.25) is 9.20 Å². The van der Waals surface area contributed by atoms with E-state index in [1.165, 1.54) is 0 Å². The molecule has 0 aromatic carbocycles. The molecular weight excluding hydrogens is 422 g/mol. The SMILES string of the molecule is CNC(=O)c1cnc2ccc(-c3ccn4nc(NC5CCC(OC)CC5)nc(OC)c34)cn12. The normalized spacial score (nSPS) is 18.5. The molecule has 0 unspecified atom stereocenters. The second kappa shape index (κ2) is 8.70. The van der Waals surface area contributed by atoms with Gasteiger partial charge < -0.3 is 20.1 Å². The standard InChI is InChI=1S/C23H27N7O3/c1-24-21(31)18-12-25-19-9-4-14(13-29(18)19)17-10-11-30-20(17)22(33-3)27-23(28-30)26-15-5-7-16(32-2)8-6-15/h4,9-13,15-16H,5-8H2,1-3H3,(H,24,31)(H,26,28). The second-order valence-corrected chi connectivity index (χ2v) is 8.19. The summed E-state index contributed by atoms with van der Waals surface area (Å²) in [6.45, 7) is 0. The van der Waals surface area contributed by atoms with Crippen LogP contribution in [0, 0.1) is 0 Å². The number of carbonyl (C=O) groups is 1. The summed E-state index contributed by atoms with van der Waals surface area (Å²) in [5, 5.41) is 10.8. The van der Waals surface area contributed by atoms with Gasteiger partial charge in [0, 0.05) is 43.7 Å². The molecule has 1 fully saturated rings. The Kier molecular flexibility index (Phi) is 5.59. The van der Waals surface area contributed by atoms with Gasteiger partial charge in [0.2, 0.25) is 11.8 Å². The molecule has 1 saturated carbocycles. The van der Waals surface area contributed by atoms with E-state index in [1.54, 1.807) is 36.4 Å². The van der Waals surface area contributed by atoms with Gasteiger partial charge >= 0.3 is 0 Å². The highest BCUT2D eigenvalue weighted by Gasteiger charge is 2.23. The summed E-state index contributed by atoms with van der Waals surface area (Å²) in [6.07, 6.45) is 9.76. The van der Waals surface area contributed by atoms with E-state index in [4.69, 9.17) is 9.47 Å². The monoisotopic (exact) mass is 449 g/mol. The van der Waals surface area contributed by atoms with Crippen molar-refractivity contribution in [2.45, 2.75) is 37.8 Å². The zero-order valence-corrected chi connectivity index (χ0v) is 18.9. The van der Waals surface area contributed by atoms with Gasteiger partial charge in [-0.2, -0.15) is 4.98 Å². The number of hydrogen-bond donors (Lipinski definition) is 2. The van der Waals surface area contributed by atoms with E-state index < -0.39 is 0 Å². The van der Waals surface area contributed by atoms with Crippen molar-refractivity contribution in [1.29, 1.82) is 0 Å². The third-order valence-electron chi connectivity index (χ3n) is 6.29. The van der Waals surface area contributed by atoms with Gasteiger partial charge in [-0.1, -0.05) is 0 Å². The molecule has 0 aliphatic heterocycles. The highest BCUT2D eigenvalue weighted by Crippen LogP contribution is 2.32. The van der Waals surface area contributed by atoms with E-state index in [0.29, 0.717) is 35.3 Å². The molecule has 5 rings (SSSR count). The third-order valence-corrected chi connectivity index (χ3v) is 6.29. The van der Waals surface area contributed by atoms with Gasteiger partial charge in [-0.05, 0) is 43.9 Å². The summed E-state index contributed by atoms with van der Waals surface area (Å²) in [6, 6.07) is 6.12. The van der Waals surface area contributed by atoms with Gasteiger partial charge in [0.25, 0.3) is 5.91 Å². The Labute approximate surface area is 190 Å². The van der Waals surface area contributed by atoms with Crippen LogP contribution in [0.5, 0.6) is 5.88 Å². The van der Waals surface area contributed by atoms with Crippen molar-refractivity contribution in [2.24, 2.45) is 0 Å². The molecule has 0 bridgehead atoms. The molecule has 0 spiro atoms. The quantitative estimate of drug-likeness (QED) is 0.466. The van der Waals surface area contributed by atoms with E-state index in [0.717, 1.165) is 42.3 Å². The van der Waals surface area contributed by atoms with Crippen molar-refractivity contribution in [3.8, 4) is 17.0 Å². The maximum absolute atomic E-state index is 12.2. The molecule has 172 valence electrons. The van der Waals surface area contributed by atoms with Crippen molar-refractivity contribution in [3.63, 3.8) is 0 Å². The Bertz CT molecular complexity index is 1300. The number of aromatic nitrogens is 5. The number of imidazole rings is 1. The largest absolute Gasteiger partial charge is 0.479 e. The number of fused-ring (bicyclic) bond motifs is 2. The first-order valence-electron chi connectivity index (χ1n) is 11.0. The Morgan fingerprint density at radius 3 is 2.70 bits per heavy atom. The Hall–Kier alpha value is -3.66. The molecule has 0 atom stereocenters. The maximum atomic E-state index is 12.2. The molecular formula is C23H27N7O3. The lowest BCUT2D eigenvalue weighted by Crippen LogP contribution is -2.30. The number of nitrogens with one attached hydrogen (secondary N) is 2. The van der Waals surface area contributed by atoms with Gasteiger partial charge in [0.15, 0.2) is 0 Å². The minimum atomic E-state index is -0.197. The molecule has 0 radical (unpaired) electrons. The van der Waals surface area contributed by atoms with Gasteiger partial charge in [-0.25, -0.2) is 9.50 Å². The lowest BCUT2D eigenvalue weighted by atomic mass is 9.93. The minimum absolute atomic E-state index is 0.197. The van der Waals surface area contributed by atoms with Crippen molar-refractivity contribution < 1.29 is 14.3 Å². The van der Waals surface area contributed by atoms with E-state index >= 15 is 0 Å². The second-order valence-electron chi connectivity index (χ2n) is 8.19. The molecule has 1 amide bonds. The zero-order valence-electron chi connectivity index (χ0n) is 18.9. The van der Waals surface area contributed by atoms with Crippen molar-refractivity contribution >= 4 is 23.0 Å². The fourth-order valence-corrected chi connectivity index (χ4v) is 4.49. The smallest absolute Gasteiger partial charge is 0.269 e. The number of rotatable bonds is 6. The highest BCUT2D eigenvalue weighted by molar-refractivity contribution is 5.93. The molecule has 10 nitrogen and oxygen atoms in total. The van der Waals surface area contributed by atoms with Gasteiger partial charge in [0.05, 0.1) is 19.4 Å². The van der Waals surface area contributed by atoms with Crippen LogP contribution in [0.3, 0.4) is 0 Å². The molecule has 2 N–H and O–H groups in total. The maximum Gasteiger partial charge on any atom is 0.269 e. The Morgan fingerprint density at radius 2 is 1.97 bits per heavy atom. The van der Waals surface area contributed by atoms with Crippen LogP contribution in [0.2, 0.25) is 0 Å². The van der Waals surface area contributed by atoms with Crippen LogP contribution in [0.1, 0.15) is 36.2 Å². The number of anilines is 1. The number of nitrogens with zero attached hydrogens (tertiary/aromatic N) is 5. The van der Waals surface area contributed by atoms with Crippen LogP contribution in [0.4, 0.5) is 5.95 Å². The summed E-state index contributed by atoms with van der Waals surface area (Å²) in [5.41, 5.74) is 3.72. The molecule has 4 heterocycles. The van der Waals surface area contributed by atoms with Crippen LogP contribution in [-0.4, -0.2) is 63.3 Å². The fourth-order valence-electron chi connectivity index (χ4n) is 4.49. The molecule has 33 heavy (non-hydrogen) atoms. The number of amides is 1. The first kappa shape index (κ1) is 21.2. The van der Waals surface area contributed by atoms with Gasteiger partial charge in [0.1, 0.15) is 16.9 Å². The summed E-state index contributed by atoms with van der Waals surface area (Å²) in [4.78, 5) is 21.2. The van der Waals surface area contributed by atoms with Crippen LogP contribution in [0.25, 0.3) is 22.3 Å². The molecule has 10 heteroatoms. The molecule has 4 aromatic rings. The van der Waals surface area contributed by atoms with E-state index in [9.17, 15) is 4.79 Å². The van der Waals surface area contributed by atoms with Crippen molar-refractivity contribution in [3.05, 3.63) is 42.5 Å². The minimum Gasteiger partial charge on any atom is -0.479 e. The predicted molar refractivity (Wildman–Crippen MR) is 124 cm³/mol. The van der Waals surface area contributed by atoms with Gasteiger partial charge in [-0.15, -0.1) is 5.10 Å². The third kappa shape index (κ3) is 3.86. The lowest BCUT2D eigenvalue weighted by Gasteiger charge is -2.28. The number of carbonyl (C=O) groups excluding carboxylic acids is 1. The van der Waals surface area contributed by atoms with Crippen molar-refractivity contribution in [2.75, 3.05) is 26.6 Å². The van der Waals surface area contributed by atoms with E-state index in [2.05, 4.69) is 25.7 Å². The van der Waals surface area contributed by atoms with Crippen LogP contribution < -0.4 is 15.4 Å². The average molecular weight is 450 g/mol. The number of ether oxygens (including phenoxy) is 2. The summed E-state index contributed by atoms with van der Waals surface area (Å²) in [7, 11) is 4.98. The van der Waals surface area contributed by atoms with E-state index in [-0.39, 0.29) is 5.91 Å². The molecule has 0 saturated heterocycles. The summed E-state index contributed by atoms with van der Waals surface area (Å²) < 4.78 is 14.7. The lowest BCUT2D eigenvalue weighted by molar-refractivity contribution is 0.0681. The number of methoxy groups -OCH3 is 2. The summed E-state index contributed by atoms with van der Waals surface area (Å²) in [5.74, 6) is 0.821. The first-order valence-corrected chi connectivity index (χ1v) is 11.0. The topological polar surface area (TPSA) is 107 Å². The molecule has 1 aliphatic carbocycles. The van der Waals surface area contributed by atoms with E-state index in [1.807, 2.05) is 30.6 Å². The molecule has 4 aromatic heterocycles. The zero-order chi connectivity index (χ0) is 22.9. The van der Waals surface area contributed by atoms with Crippen molar-refractivity contribution in [1.82, 2.24) is 29.3 Å². The Morgan fingerprint density at radius 1 is 1.15 bits per heavy atom. The summed E-state index contributed by atoms with van der Waals surface area (Å²) >= 11 is 0. The Balaban J connectivity index is 1.49. The van der Waals surface area contributed by atoms with Crippen LogP contribution in [0.15, 0.2) is 36.8 Å². The molecule has 1 aliphatic rings. The predicted octanol–water partition coefficient (Wildman–Crippen LogP) is 2.78. The fraction of sp³-hybridized carbons (Fsp3) is 0.391. The van der Waals surface area contributed by atoms with Crippen LogP contribution in [-0.2, 0) is 4.74 Å².